The number of nitrogens with zero attached hydrogens (tertiary/aromatic N) is 2. The van der Waals surface area contributed by atoms with E-state index >= 15 is 0 Å². The number of amides is 1. The molecule has 0 spiro atoms. The highest BCUT2D eigenvalue weighted by Crippen LogP contribution is 2.58. The number of hydrogen-bond donors (Lipinski definition) is 0. The number of piperazine rings is 1. The standard InChI is InChI=1S/C30H36N2O10/c1-13-24(36-4)15-10-16-30(35)32-17(11-42-12-33)19-20(25(37-5)14(2)27(39-7)29(19)41-9)23(34)22(32)21(31(16)3)18(15)28(40-8)26(13)38-6/h12,16-17,21-22H,10-11H2,1-9H3/t16-,17-,21+,22?/m0/s1. The molecule has 0 aromatic heterocycles. The summed E-state index contributed by atoms with van der Waals surface area (Å²) in [6, 6.07) is -3.21. The molecule has 3 aliphatic rings. The Morgan fingerprint density at radius 2 is 1.26 bits per heavy atom. The largest absolute Gasteiger partial charge is 0.496 e. The van der Waals surface area contributed by atoms with Crippen LogP contribution in [-0.2, 0) is 20.7 Å². The third-order valence-electron chi connectivity index (χ3n) is 8.85. The van der Waals surface area contributed by atoms with Crippen molar-refractivity contribution in [3.63, 3.8) is 0 Å². The smallest absolute Gasteiger partial charge is 0.293 e. The molecule has 2 aromatic rings. The van der Waals surface area contributed by atoms with Gasteiger partial charge in [-0.3, -0.25) is 19.3 Å². The van der Waals surface area contributed by atoms with Crippen LogP contribution in [-0.4, -0.2) is 96.4 Å². The summed E-state index contributed by atoms with van der Waals surface area (Å²) in [6.07, 6.45) is 0.300. The van der Waals surface area contributed by atoms with E-state index in [9.17, 15) is 14.4 Å². The van der Waals surface area contributed by atoms with Crippen LogP contribution in [0.15, 0.2) is 0 Å². The minimum atomic E-state index is -1.04. The summed E-state index contributed by atoms with van der Waals surface area (Å²) in [6.45, 7) is 3.73. The van der Waals surface area contributed by atoms with Gasteiger partial charge in [-0.05, 0) is 20.9 Å². The van der Waals surface area contributed by atoms with Gasteiger partial charge in [0.2, 0.25) is 5.91 Å². The summed E-state index contributed by atoms with van der Waals surface area (Å²) in [5.74, 6) is 1.79. The zero-order valence-electron chi connectivity index (χ0n) is 25.3. The van der Waals surface area contributed by atoms with Gasteiger partial charge in [-0.25, -0.2) is 0 Å². The predicted octanol–water partition coefficient (Wildman–Crippen LogP) is 2.57. The number of methoxy groups -OCH3 is 6. The fourth-order valence-electron chi connectivity index (χ4n) is 7.24. The van der Waals surface area contributed by atoms with E-state index in [1.165, 1.54) is 26.2 Å². The minimum Gasteiger partial charge on any atom is -0.496 e. The first-order valence-corrected chi connectivity index (χ1v) is 13.5. The molecule has 2 bridgehead atoms. The first-order valence-electron chi connectivity index (χ1n) is 13.5. The van der Waals surface area contributed by atoms with Crippen molar-refractivity contribution >= 4 is 18.2 Å². The highest BCUT2D eigenvalue weighted by Gasteiger charge is 2.60. The number of carbonyl (C=O) groups excluding carboxylic acids is 3. The van der Waals surface area contributed by atoms with Crippen molar-refractivity contribution in [2.45, 2.75) is 44.4 Å². The number of likely N-dealkylation sites (N-methyl/N-ethyl adjacent to an activating group) is 1. The number of Topliss-reactive ketones (excluding diaryl/α,β-unsaturated/α-hetero) is 1. The molecule has 1 fully saturated rings. The Bertz CT molecular complexity index is 1470. The van der Waals surface area contributed by atoms with Crippen LogP contribution in [0.1, 0.15) is 50.3 Å². The number of hydrogen-bond acceptors (Lipinski definition) is 11. The van der Waals surface area contributed by atoms with E-state index in [0.717, 1.165) is 11.1 Å². The van der Waals surface area contributed by atoms with Crippen molar-refractivity contribution in [2.75, 3.05) is 56.3 Å². The van der Waals surface area contributed by atoms with Gasteiger partial charge in [0.15, 0.2) is 28.8 Å². The number of benzene rings is 2. The molecule has 42 heavy (non-hydrogen) atoms. The summed E-state index contributed by atoms with van der Waals surface area (Å²) in [5, 5.41) is 0. The molecule has 0 saturated carbocycles. The number of fused-ring (bicyclic) bond motifs is 7. The van der Waals surface area contributed by atoms with Gasteiger partial charge in [0.1, 0.15) is 24.1 Å². The first-order chi connectivity index (χ1) is 20.2. The van der Waals surface area contributed by atoms with Crippen molar-refractivity contribution < 1.29 is 47.5 Å². The number of ether oxygens (including phenoxy) is 7. The molecular formula is C30H36N2O10. The van der Waals surface area contributed by atoms with Crippen molar-refractivity contribution in [3.05, 3.63) is 33.4 Å². The van der Waals surface area contributed by atoms with Crippen molar-refractivity contribution in [1.29, 1.82) is 0 Å². The van der Waals surface area contributed by atoms with Gasteiger partial charge in [0.25, 0.3) is 6.47 Å². The van der Waals surface area contributed by atoms with Crippen LogP contribution in [0.25, 0.3) is 0 Å². The van der Waals surface area contributed by atoms with E-state index in [1.807, 2.05) is 18.9 Å². The summed E-state index contributed by atoms with van der Waals surface area (Å²) in [4.78, 5) is 44.2. The van der Waals surface area contributed by atoms with Crippen LogP contribution in [0.5, 0.6) is 34.5 Å². The summed E-state index contributed by atoms with van der Waals surface area (Å²) in [7, 11) is 10.9. The molecule has 4 atom stereocenters. The van der Waals surface area contributed by atoms with E-state index in [0.29, 0.717) is 58.3 Å². The maximum atomic E-state index is 14.8. The molecule has 1 amide bonds. The van der Waals surface area contributed by atoms with E-state index in [4.69, 9.17) is 33.2 Å². The van der Waals surface area contributed by atoms with Crippen molar-refractivity contribution in [2.24, 2.45) is 0 Å². The molecule has 226 valence electrons. The molecule has 0 radical (unpaired) electrons. The third kappa shape index (κ3) is 3.73. The van der Waals surface area contributed by atoms with E-state index in [-0.39, 0.29) is 29.6 Å². The van der Waals surface area contributed by atoms with Crippen molar-refractivity contribution in [3.8, 4) is 34.5 Å². The van der Waals surface area contributed by atoms with Crippen LogP contribution >= 0.6 is 0 Å². The molecule has 1 saturated heterocycles. The Morgan fingerprint density at radius 1 is 0.738 bits per heavy atom. The SMILES string of the molecule is COc1c(C)c(OC)c(OC)c2c1C[C@H]1C(=O)N3C(C(=O)c4c(OC)c(C)c(OC)c(OC)c4[C@@H]3COC=O)[C@@H]2N1C. The van der Waals surface area contributed by atoms with Gasteiger partial charge in [-0.15, -0.1) is 0 Å². The average molecular weight is 585 g/mol. The molecule has 12 nitrogen and oxygen atoms in total. The van der Waals surface area contributed by atoms with Crippen LogP contribution in [0.4, 0.5) is 0 Å². The second-order valence-corrected chi connectivity index (χ2v) is 10.5. The summed E-state index contributed by atoms with van der Waals surface area (Å²) in [5.41, 5.74) is 3.37. The molecule has 1 unspecified atom stereocenters. The highest BCUT2D eigenvalue weighted by atomic mass is 16.5. The molecular weight excluding hydrogens is 548 g/mol. The van der Waals surface area contributed by atoms with Crippen molar-refractivity contribution in [1.82, 2.24) is 9.80 Å². The Kier molecular flexibility index (Phi) is 7.61. The minimum absolute atomic E-state index is 0.217. The fraction of sp³-hybridized carbons (Fsp3) is 0.500. The van der Waals surface area contributed by atoms with Crippen LogP contribution in [0, 0.1) is 13.8 Å². The maximum Gasteiger partial charge on any atom is 0.293 e. The quantitative estimate of drug-likeness (QED) is 0.404. The number of rotatable bonds is 9. The molecule has 3 aliphatic heterocycles. The topological polar surface area (TPSA) is 122 Å². The zero-order valence-corrected chi connectivity index (χ0v) is 25.3. The molecule has 5 rings (SSSR count). The predicted molar refractivity (Wildman–Crippen MR) is 149 cm³/mol. The lowest BCUT2D eigenvalue weighted by Crippen LogP contribution is -2.68. The van der Waals surface area contributed by atoms with E-state index in [2.05, 4.69) is 0 Å². The van der Waals surface area contributed by atoms with Gasteiger partial charge in [0.05, 0.1) is 66.3 Å². The Balaban J connectivity index is 1.89. The molecule has 0 N–H and O–H groups in total. The number of carbonyl (C=O) groups is 3. The average Bonchev–Trinajstić information content (AvgIpc) is 2.98. The van der Waals surface area contributed by atoms with Crippen LogP contribution < -0.4 is 28.4 Å². The fourth-order valence-corrected chi connectivity index (χ4v) is 7.24. The number of ketones is 1. The molecule has 3 heterocycles. The Morgan fingerprint density at radius 3 is 1.79 bits per heavy atom. The monoisotopic (exact) mass is 584 g/mol. The van der Waals surface area contributed by atoms with Crippen LogP contribution in [0.3, 0.4) is 0 Å². The summed E-state index contributed by atoms with van der Waals surface area (Å²) < 4.78 is 40.1. The lowest BCUT2D eigenvalue weighted by atomic mass is 9.72. The van der Waals surface area contributed by atoms with E-state index < -0.39 is 24.2 Å². The van der Waals surface area contributed by atoms with Gasteiger partial charge in [-0.2, -0.15) is 0 Å². The highest BCUT2D eigenvalue weighted by molar-refractivity contribution is 6.10. The first kappa shape index (κ1) is 29.3. The Hall–Kier alpha value is -4.19. The molecule has 0 aliphatic carbocycles. The van der Waals surface area contributed by atoms with Gasteiger partial charge < -0.3 is 38.1 Å². The third-order valence-corrected chi connectivity index (χ3v) is 8.85. The Labute approximate surface area is 244 Å². The van der Waals surface area contributed by atoms with Gasteiger partial charge in [0, 0.05) is 34.2 Å². The molecule has 12 heteroatoms. The van der Waals surface area contributed by atoms with Crippen LogP contribution in [0.2, 0.25) is 0 Å². The normalized spacial score (nSPS) is 22.5. The zero-order chi connectivity index (χ0) is 30.6. The van der Waals surface area contributed by atoms with Gasteiger partial charge >= 0.3 is 0 Å². The van der Waals surface area contributed by atoms with E-state index in [1.54, 1.807) is 28.3 Å². The maximum absolute atomic E-state index is 14.8. The second-order valence-electron chi connectivity index (χ2n) is 10.5. The second kappa shape index (κ2) is 10.9. The lowest BCUT2D eigenvalue weighted by molar-refractivity contribution is -0.157. The lowest BCUT2D eigenvalue weighted by Gasteiger charge is -2.56. The summed E-state index contributed by atoms with van der Waals surface area (Å²) >= 11 is 0. The molecule has 2 aromatic carbocycles. The van der Waals surface area contributed by atoms with Gasteiger partial charge in [-0.1, -0.05) is 0 Å².